The van der Waals surface area contributed by atoms with E-state index in [1.165, 1.54) is 0 Å². The van der Waals surface area contributed by atoms with Crippen molar-refractivity contribution in [2.45, 2.75) is 46.1 Å². The van der Waals surface area contributed by atoms with Crippen LogP contribution in [0.25, 0.3) is 0 Å². The van der Waals surface area contributed by atoms with Crippen molar-refractivity contribution in [3.63, 3.8) is 0 Å². The third kappa shape index (κ3) is 6.27. The average molecular weight is 378 g/mol. The van der Waals surface area contributed by atoms with E-state index in [1.54, 1.807) is 6.26 Å². The number of guanidine groups is 1. The summed E-state index contributed by atoms with van der Waals surface area (Å²) in [4.78, 5) is 20.9. The van der Waals surface area contributed by atoms with Crippen LogP contribution < -0.4 is 11.1 Å². The van der Waals surface area contributed by atoms with Crippen LogP contribution in [-0.2, 0) is 4.79 Å². The van der Waals surface area contributed by atoms with Crippen molar-refractivity contribution < 1.29 is 9.21 Å². The maximum atomic E-state index is 11.3. The number of likely N-dealkylation sites (N-methyl/N-ethyl adjacent to an activating group) is 1. The van der Waals surface area contributed by atoms with Gasteiger partial charge in [-0.05, 0) is 50.9 Å². The topological polar surface area (TPSA) is 87.1 Å². The molecule has 1 amide bonds. The van der Waals surface area contributed by atoms with Crippen molar-refractivity contribution >= 4 is 11.9 Å². The van der Waals surface area contributed by atoms with Gasteiger partial charge in [0.2, 0.25) is 5.91 Å². The first kappa shape index (κ1) is 21.3. The SMILES string of the molecule is CCNC(=NCC(c1ccco1)N(CC)CC)N1CCCC(CC(N)=O)C1. The van der Waals surface area contributed by atoms with E-state index in [9.17, 15) is 4.79 Å². The lowest BCUT2D eigenvalue weighted by atomic mass is 9.95. The predicted octanol–water partition coefficient (Wildman–Crippen LogP) is 2.22. The molecule has 27 heavy (non-hydrogen) atoms. The number of rotatable bonds is 9. The second-order valence-electron chi connectivity index (χ2n) is 7.07. The molecule has 7 heteroatoms. The van der Waals surface area contributed by atoms with Gasteiger partial charge in [-0.3, -0.25) is 14.7 Å². The molecule has 0 bridgehead atoms. The lowest BCUT2D eigenvalue weighted by Gasteiger charge is -2.35. The van der Waals surface area contributed by atoms with Crippen molar-refractivity contribution in [3.8, 4) is 0 Å². The Kier molecular flexibility index (Phi) is 8.64. The van der Waals surface area contributed by atoms with E-state index in [-0.39, 0.29) is 11.9 Å². The van der Waals surface area contributed by atoms with E-state index in [4.69, 9.17) is 15.1 Å². The number of carbonyl (C=O) groups is 1. The minimum Gasteiger partial charge on any atom is -0.468 e. The summed E-state index contributed by atoms with van der Waals surface area (Å²) in [6.07, 6.45) is 4.28. The van der Waals surface area contributed by atoms with Crippen LogP contribution in [0.1, 0.15) is 51.8 Å². The molecule has 2 unspecified atom stereocenters. The number of piperidine rings is 1. The quantitative estimate of drug-likeness (QED) is 0.509. The highest BCUT2D eigenvalue weighted by atomic mass is 16.3. The molecule has 1 aliphatic heterocycles. The van der Waals surface area contributed by atoms with Crippen LogP contribution >= 0.6 is 0 Å². The molecule has 7 nitrogen and oxygen atoms in total. The lowest BCUT2D eigenvalue weighted by molar-refractivity contribution is -0.119. The molecular formula is C20H35N5O2. The summed E-state index contributed by atoms with van der Waals surface area (Å²) in [6.45, 7) is 11.5. The highest BCUT2D eigenvalue weighted by Gasteiger charge is 2.25. The van der Waals surface area contributed by atoms with Gasteiger partial charge in [0.25, 0.3) is 0 Å². The zero-order chi connectivity index (χ0) is 19.6. The van der Waals surface area contributed by atoms with Crippen LogP contribution in [0.4, 0.5) is 0 Å². The van der Waals surface area contributed by atoms with Gasteiger partial charge in [-0.1, -0.05) is 13.8 Å². The molecule has 2 atom stereocenters. The number of nitrogens with zero attached hydrogens (tertiary/aromatic N) is 3. The molecule has 1 saturated heterocycles. The monoisotopic (exact) mass is 377 g/mol. The van der Waals surface area contributed by atoms with Crippen molar-refractivity contribution in [2.75, 3.05) is 39.3 Å². The standard InChI is InChI=1S/C20H35N5O2/c1-4-22-20(25-11-7-9-16(15-25)13-19(21)26)23-14-17(24(5-2)6-3)18-10-8-12-27-18/h8,10,12,16-17H,4-7,9,11,13-15H2,1-3H3,(H2,21,26)(H,22,23). The predicted molar refractivity (Wildman–Crippen MR) is 108 cm³/mol. The molecule has 0 aliphatic carbocycles. The van der Waals surface area contributed by atoms with Gasteiger partial charge in [0, 0.05) is 26.1 Å². The van der Waals surface area contributed by atoms with E-state index in [1.807, 2.05) is 12.1 Å². The number of aliphatic imine (C=N–C) groups is 1. The second-order valence-corrected chi connectivity index (χ2v) is 7.07. The van der Waals surface area contributed by atoms with E-state index in [2.05, 4.69) is 35.9 Å². The van der Waals surface area contributed by atoms with Crippen LogP contribution in [0.2, 0.25) is 0 Å². The number of hydrogen-bond acceptors (Lipinski definition) is 4. The fourth-order valence-electron chi connectivity index (χ4n) is 3.84. The van der Waals surface area contributed by atoms with Gasteiger partial charge in [-0.25, -0.2) is 0 Å². The van der Waals surface area contributed by atoms with Gasteiger partial charge >= 0.3 is 0 Å². The largest absolute Gasteiger partial charge is 0.468 e. The number of hydrogen-bond donors (Lipinski definition) is 2. The van der Waals surface area contributed by atoms with Gasteiger partial charge in [0.05, 0.1) is 18.8 Å². The van der Waals surface area contributed by atoms with Crippen molar-refractivity contribution in [1.82, 2.24) is 15.1 Å². The Bertz CT molecular complexity index is 583. The minimum absolute atomic E-state index is 0.120. The molecule has 0 radical (unpaired) electrons. The Balaban J connectivity index is 2.13. The summed E-state index contributed by atoms with van der Waals surface area (Å²) < 4.78 is 5.68. The zero-order valence-corrected chi connectivity index (χ0v) is 17.0. The molecule has 0 aromatic carbocycles. The maximum Gasteiger partial charge on any atom is 0.217 e. The molecule has 1 fully saturated rings. The van der Waals surface area contributed by atoms with Crippen LogP contribution in [0.5, 0.6) is 0 Å². The lowest BCUT2D eigenvalue weighted by Crippen LogP contribution is -2.47. The molecule has 1 aliphatic rings. The van der Waals surface area contributed by atoms with Crippen molar-refractivity contribution in [3.05, 3.63) is 24.2 Å². The van der Waals surface area contributed by atoms with Gasteiger partial charge in [0.15, 0.2) is 5.96 Å². The smallest absolute Gasteiger partial charge is 0.217 e. The number of nitrogens with two attached hydrogens (primary N) is 1. The molecule has 3 N–H and O–H groups in total. The number of nitrogens with one attached hydrogen (secondary N) is 1. The third-order valence-electron chi connectivity index (χ3n) is 5.18. The van der Waals surface area contributed by atoms with Gasteiger partial charge < -0.3 is 20.4 Å². The van der Waals surface area contributed by atoms with E-state index >= 15 is 0 Å². The summed E-state index contributed by atoms with van der Waals surface area (Å²) >= 11 is 0. The van der Waals surface area contributed by atoms with Crippen LogP contribution in [0, 0.1) is 5.92 Å². The summed E-state index contributed by atoms with van der Waals surface area (Å²) in [5.74, 6) is 1.95. The highest BCUT2D eigenvalue weighted by molar-refractivity contribution is 5.80. The molecule has 1 aromatic heterocycles. The minimum atomic E-state index is -0.219. The van der Waals surface area contributed by atoms with Gasteiger partial charge in [0.1, 0.15) is 5.76 Å². The normalized spacial score (nSPS) is 19.3. The molecule has 1 aromatic rings. The molecule has 0 saturated carbocycles. The van der Waals surface area contributed by atoms with E-state index in [0.29, 0.717) is 18.9 Å². The fraction of sp³-hybridized carbons (Fsp3) is 0.700. The van der Waals surface area contributed by atoms with Crippen LogP contribution in [0.15, 0.2) is 27.8 Å². The first-order valence-electron chi connectivity index (χ1n) is 10.2. The fourth-order valence-corrected chi connectivity index (χ4v) is 3.84. The van der Waals surface area contributed by atoms with Crippen LogP contribution in [0.3, 0.4) is 0 Å². The van der Waals surface area contributed by atoms with Gasteiger partial charge in [-0.2, -0.15) is 0 Å². The number of furan rings is 1. The Morgan fingerprint density at radius 3 is 2.81 bits per heavy atom. The Morgan fingerprint density at radius 2 is 2.22 bits per heavy atom. The molecule has 2 rings (SSSR count). The maximum absolute atomic E-state index is 11.3. The summed E-state index contributed by atoms with van der Waals surface area (Å²) in [7, 11) is 0. The Morgan fingerprint density at radius 1 is 1.44 bits per heavy atom. The Hall–Kier alpha value is -2.02. The number of amides is 1. The second kappa shape index (κ2) is 11.0. The summed E-state index contributed by atoms with van der Waals surface area (Å²) in [5.41, 5.74) is 5.40. The number of primary amides is 1. The van der Waals surface area contributed by atoms with Gasteiger partial charge in [-0.15, -0.1) is 0 Å². The highest BCUT2D eigenvalue weighted by Crippen LogP contribution is 2.23. The molecule has 0 spiro atoms. The molecule has 152 valence electrons. The van der Waals surface area contributed by atoms with E-state index < -0.39 is 0 Å². The summed E-state index contributed by atoms with van der Waals surface area (Å²) in [5, 5.41) is 3.41. The van der Waals surface area contributed by atoms with Crippen LogP contribution in [-0.4, -0.2) is 60.9 Å². The first-order chi connectivity index (χ1) is 13.1. The van der Waals surface area contributed by atoms with Crippen molar-refractivity contribution in [2.24, 2.45) is 16.6 Å². The zero-order valence-electron chi connectivity index (χ0n) is 17.0. The third-order valence-corrected chi connectivity index (χ3v) is 5.18. The Labute approximate surface area is 163 Å². The number of carbonyl (C=O) groups excluding carboxylic acids is 1. The van der Waals surface area contributed by atoms with E-state index in [0.717, 1.165) is 57.3 Å². The summed E-state index contributed by atoms with van der Waals surface area (Å²) in [6, 6.07) is 4.07. The average Bonchev–Trinajstić information content (AvgIpc) is 3.18. The first-order valence-corrected chi connectivity index (χ1v) is 10.2. The molecular weight excluding hydrogens is 342 g/mol. The molecule has 2 heterocycles. The van der Waals surface area contributed by atoms with Crippen molar-refractivity contribution in [1.29, 1.82) is 0 Å². The number of likely N-dealkylation sites (tertiary alicyclic amines) is 1.